The lowest BCUT2D eigenvalue weighted by Gasteiger charge is -2.16. The van der Waals surface area contributed by atoms with E-state index >= 15 is 0 Å². The van der Waals surface area contributed by atoms with Gasteiger partial charge < -0.3 is 14.6 Å². The molecule has 0 spiro atoms. The number of carbonyl (C=O) groups excluding carboxylic acids is 2. The highest BCUT2D eigenvalue weighted by Crippen LogP contribution is 2.24. The van der Waals surface area contributed by atoms with Crippen molar-refractivity contribution in [3.8, 4) is 0 Å². The number of hydrogen-bond donors (Lipinski definition) is 1. The summed E-state index contributed by atoms with van der Waals surface area (Å²) in [5.41, 5.74) is 2.99. The number of likely N-dealkylation sites (tertiary alicyclic amines) is 1. The number of benzene rings is 1. The van der Waals surface area contributed by atoms with Crippen LogP contribution in [-0.4, -0.2) is 23.3 Å². The lowest BCUT2D eigenvalue weighted by Crippen LogP contribution is -2.28. The molecule has 0 saturated carbocycles. The van der Waals surface area contributed by atoms with Gasteiger partial charge in [0.05, 0.1) is 18.7 Å². The van der Waals surface area contributed by atoms with Gasteiger partial charge >= 0.3 is 0 Å². The van der Waals surface area contributed by atoms with Crippen LogP contribution in [0.1, 0.15) is 23.3 Å². The minimum absolute atomic E-state index is 0.0116. The van der Waals surface area contributed by atoms with Gasteiger partial charge in [-0.3, -0.25) is 9.59 Å². The summed E-state index contributed by atoms with van der Waals surface area (Å²) in [7, 11) is 0. The van der Waals surface area contributed by atoms with Crippen LogP contribution in [0.15, 0.2) is 41.0 Å². The number of nitrogens with one attached hydrogen (secondary N) is 1. The largest absolute Gasteiger partial charge is 0.467 e. The van der Waals surface area contributed by atoms with Crippen LogP contribution in [0.5, 0.6) is 0 Å². The topological polar surface area (TPSA) is 62.6 Å². The van der Waals surface area contributed by atoms with Crippen LogP contribution in [0.3, 0.4) is 0 Å². The fourth-order valence-corrected chi connectivity index (χ4v) is 2.81. The molecule has 1 N–H and O–H groups in total. The average Bonchev–Trinajstić information content (AvgIpc) is 3.15. The minimum Gasteiger partial charge on any atom is -0.467 e. The number of furan rings is 1. The molecule has 120 valence electrons. The molecule has 2 aromatic rings. The van der Waals surface area contributed by atoms with Crippen molar-refractivity contribution in [3.05, 3.63) is 53.5 Å². The molecule has 5 nitrogen and oxygen atoms in total. The molecule has 1 saturated heterocycles. The summed E-state index contributed by atoms with van der Waals surface area (Å²) in [4.78, 5) is 26.2. The Balaban J connectivity index is 1.64. The number of carbonyl (C=O) groups is 2. The molecule has 0 aliphatic carbocycles. The quantitative estimate of drug-likeness (QED) is 0.944. The first-order chi connectivity index (χ1) is 11.0. The molecular weight excluding hydrogens is 292 g/mol. The van der Waals surface area contributed by atoms with Gasteiger partial charge in [0, 0.05) is 18.7 Å². The Hall–Kier alpha value is -2.56. The van der Waals surface area contributed by atoms with E-state index in [2.05, 4.69) is 5.32 Å². The summed E-state index contributed by atoms with van der Waals surface area (Å²) in [6.45, 7) is 4.83. The maximum atomic E-state index is 12.5. The highest BCUT2D eigenvalue weighted by molar-refractivity contribution is 5.97. The van der Waals surface area contributed by atoms with Crippen LogP contribution in [0.4, 0.5) is 5.69 Å². The number of anilines is 1. The van der Waals surface area contributed by atoms with Gasteiger partial charge in [-0.2, -0.15) is 0 Å². The second-order valence-corrected chi connectivity index (χ2v) is 5.99. The fourth-order valence-electron chi connectivity index (χ4n) is 2.81. The third-order valence-corrected chi connectivity index (χ3v) is 4.37. The molecule has 1 fully saturated rings. The first-order valence-electron chi connectivity index (χ1n) is 7.72. The maximum Gasteiger partial charge on any atom is 0.229 e. The van der Waals surface area contributed by atoms with Gasteiger partial charge in [-0.25, -0.2) is 0 Å². The van der Waals surface area contributed by atoms with E-state index in [1.165, 1.54) is 0 Å². The highest BCUT2D eigenvalue weighted by Gasteiger charge is 2.34. The molecule has 1 aromatic heterocycles. The first-order valence-corrected chi connectivity index (χ1v) is 7.72. The van der Waals surface area contributed by atoms with Crippen molar-refractivity contribution in [1.29, 1.82) is 0 Å². The van der Waals surface area contributed by atoms with E-state index in [9.17, 15) is 9.59 Å². The Kier molecular flexibility index (Phi) is 4.19. The van der Waals surface area contributed by atoms with Crippen molar-refractivity contribution < 1.29 is 14.0 Å². The SMILES string of the molecule is Cc1cccc(NC(=O)[C@@H]2CC(=O)N(Cc3ccco3)C2)c1C. The van der Waals surface area contributed by atoms with Crippen LogP contribution in [0, 0.1) is 19.8 Å². The fraction of sp³-hybridized carbons (Fsp3) is 0.333. The molecule has 5 heteroatoms. The van der Waals surface area contributed by atoms with Crippen molar-refractivity contribution in [2.45, 2.75) is 26.8 Å². The van der Waals surface area contributed by atoms with E-state index in [0.717, 1.165) is 22.6 Å². The Morgan fingerprint density at radius 3 is 2.87 bits per heavy atom. The monoisotopic (exact) mass is 312 g/mol. The lowest BCUT2D eigenvalue weighted by atomic mass is 10.1. The molecule has 0 unspecified atom stereocenters. The third-order valence-electron chi connectivity index (χ3n) is 4.37. The van der Waals surface area contributed by atoms with Gasteiger partial charge in [0.1, 0.15) is 5.76 Å². The molecule has 23 heavy (non-hydrogen) atoms. The summed E-state index contributed by atoms with van der Waals surface area (Å²) < 4.78 is 5.27. The summed E-state index contributed by atoms with van der Waals surface area (Å²) in [6, 6.07) is 9.44. The predicted molar refractivity (Wildman–Crippen MR) is 86.8 cm³/mol. The summed E-state index contributed by atoms with van der Waals surface area (Å²) >= 11 is 0. The van der Waals surface area contributed by atoms with Gasteiger partial charge in [0.25, 0.3) is 0 Å². The first kappa shape index (κ1) is 15.3. The Bertz CT molecular complexity index is 722. The van der Waals surface area contributed by atoms with Gasteiger partial charge in [-0.1, -0.05) is 12.1 Å². The van der Waals surface area contributed by atoms with Crippen LogP contribution in [-0.2, 0) is 16.1 Å². The van der Waals surface area contributed by atoms with Crippen molar-refractivity contribution in [2.75, 3.05) is 11.9 Å². The number of aryl methyl sites for hydroxylation is 1. The van der Waals surface area contributed by atoms with Gasteiger partial charge in [0.15, 0.2) is 0 Å². The van der Waals surface area contributed by atoms with Gasteiger partial charge in [0.2, 0.25) is 11.8 Å². The van der Waals surface area contributed by atoms with E-state index in [0.29, 0.717) is 13.1 Å². The average molecular weight is 312 g/mol. The number of hydrogen-bond acceptors (Lipinski definition) is 3. The molecule has 1 aliphatic heterocycles. The third kappa shape index (κ3) is 3.28. The number of amides is 2. The second-order valence-electron chi connectivity index (χ2n) is 5.99. The summed E-state index contributed by atoms with van der Waals surface area (Å²) in [6.07, 6.45) is 1.83. The van der Waals surface area contributed by atoms with Crippen molar-refractivity contribution >= 4 is 17.5 Å². The Labute approximate surface area is 135 Å². The molecular formula is C18H20N2O3. The Morgan fingerprint density at radius 1 is 1.30 bits per heavy atom. The molecule has 2 heterocycles. The lowest BCUT2D eigenvalue weighted by molar-refractivity contribution is -0.128. The van der Waals surface area contributed by atoms with Crippen LogP contribution in [0.25, 0.3) is 0 Å². The predicted octanol–water partition coefficient (Wildman–Crippen LogP) is 2.88. The Morgan fingerprint density at radius 2 is 2.13 bits per heavy atom. The van der Waals surface area contributed by atoms with E-state index in [1.54, 1.807) is 17.2 Å². The molecule has 0 bridgehead atoms. The summed E-state index contributed by atoms with van der Waals surface area (Å²) in [5, 5.41) is 2.95. The molecule has 3 rings (SSSR count). The van der Waals surface area contributed by atoms with E-state index in [4.69, 9.17) is 4.42 Å². The van der Waals surface area contributed by atoms with E-state index in [-0.39, 0.29) is 24.2 Å². The molecule has 2 amide bonds. The standard InChI is InChI=1S/C18H20N2O3/c1-12-5-3-7-16(13(12)2)19-18(22)14-9-17(21)20(10-14)11-15-6-4-8-23-15/h3-8,14H,9-11H2,1-2H3,(H,19,22)/t14-/m1/s1. The van der Waals surface area contributed by atoms with Crippen LogP contribution in [0.2, 0.25) is 0 Å². The van der Waals surface area contributed by atoms with Gasteiger partial charge in [-0.05, 0) is 43.2 Å². The van der Waals surface area contributed by atoms with Crippen molar-refractivity contribution in [1.82, 2.24) is 4.90 Å². The van der Waals surface area contributed by atoms with Crippen molar-refractivity contribution in [3.63, 3.8) is 0 Å². The smallest absolute Gasteiger partial charge is 0.229 e. The van der Waals surface area contributed by atoms with Crippen molar-refractivity contribution in [2.24, 2.45) is 5.92 Å². The normalized spacial score (nSPS) is 17.6. The number of nitrogens with zero attached hydrogens (tertiary/aromatic N) is 1. The zero-order valence-corrected chi connectivity index (χ0v) is 13.3. The van der Waals surface area contributed by atoms with E-state index < -0.39 is 0 Å². The molecule has 1 atom stereocenters. The molecule has 1 aromatic carbocycles. The summed E-state index contributed by atoms with van der Waals surface area (Å²) in [5.74, 6) is 0.294. The zero-order valence-electron chi connectivity index (χ0n) is 13.3. The minimum atomic E-state index is -0.322. The second kappa shape index (κ2) is 6.28. The zero-order chi connectivity index (χ0) is 16.4. The van der Waals surface area contributed by atoms with Crippen LogP contribution >= 0.6 is 0 Å². The molecule has 1 aliphatic rings. The molecule has 0 radical (unpaired) electrons. The number of rotatable bonds is 4. The van der Waals surface area contributed by atoms with E-state index in [1.807, 2.05) is 38.1 Å². The maximum absolute atomic E-state index is 12.5. The van der Waals surface area contributed by atoms with Crippen LogP contribution < -0.4 is 5.32 Å². The highest BCUT2D eigenvalue weighted by atomic mass is 16.3. The van der Waals surface area contributed by atoms with Gasteiger partial charge in [-0.15, -0.1) is 0 Å².